The van der Waals surface area contributed by atoms with Crippen molar-refractivity contribution < 1.29 is 45.4 Å². The summed E-state index contributed by atoms with van der Waals surface area (Å²) < 4.78 is 78.3. The number of carbonyl (C=O) groups excluding carboxylic acids is 3. The number of nitrogens with one attached hydrogen (secondary N) is 1. The van der Waals surface area contributed by atoms with Crippen molar-refractivity contribution in [2.75, 3.05) is 19.0 Å². The van der Waals surface area contributed by atoms with Crippen LogP contribution in [0, 0.1) is 29.3 Å². The molecule has 2 aromatic carbocycles. The van der Waals surface area contributed by atoms with Crippen molar-refractivity contribution in [1.29, 1.82) is 0 Å². The Kier molecular flexibility index (Phi) is 6.78. The molecule has 2 unspecified atom stereocenters. The number of hydrogen-bond acceptors (Lipinski definition) is 7. The van der Waals surface area contributed by atoms with Gasteiger partial charge in [-0.1, -0.05) is 11.6 Å². The van der Waals surface area contributed by atoms with Gasteiger partial charge in [-0.3, -0.25) is 4.79 Å². The normalized spacial score (nSPS) is 26.0. The highest BCUT2D eigenvalue weighted by molar-refractivity contribution is 7.92. The van der Waals surface area contributed by atoms with Gasteiger partial charge >= 0.3 is 12.2 Å². The van der Waals surface area contributed by atoms with Crippen LogP contribution >= 0.6 is 11.6 Å². The summed E-state index contributed by atoms with van der Waals surface area (Å²) in [6.07, 6.45) is -0.174. The van der Waals surface area contributed by atoms with Crippen LogP contribution < -0.4 is 5.32 Å². The Morgan fingerprint density at radius 3 is 2.31 bits per heavy atom. The van der Waals surface area contributed by atoms with Gasteiger partial charge in [-0.2, -0.15) is 0 Å². The summed E-state index contributed by atoms with van der Waals surface area (Å²) >= 11 is 6.27. The molecule has 3 amide bonds. The number of benzene rings is 2. The van der Waals surface area contributed by atoms with Crippen molar-refractivity contribution >= 4 is 45.2 Å². The van der Waals surface area contributed by atoms with E-state index in [-0.39, 0.29) is 40.6 Å². The molecular weight excluding hydrogens is 565 g/mol. The molecular formula is C25H22ClF3N2O7S. The van der Waals surface area contributed by atoms with E-state index in [4.69, 9.17) is 16.3 Å². The lowest BCUT2D eigenvalue weighted by Crippen LogP contribution is -2.48. The van der Waals surface area contributed by atoms with Crippen LogP contribution in [0.25, 0.3) is 0 Å². The highest BCUT2D eigenvalue weighted by Gasteiger charge is 2.60. The first-order chi connectivity index (χ1) is 18.3. The van der Waals surface area contributed by atoms with Crippen molar-refractivity contribution in [3.05, 3.63) is 58.4 Å². The molecule has 5 rings (SSSR count). The molecule has 2 atom stereocenters. The largest absolute Gasteiger partial charge is 0.452 e. The van der Waals surface area contributed by atoms with Crippen LogP contribution in [-0.4, -0.2) is 55.9 Å². The van der Waals surface area contributed by atoms with Crippen LogP contribution in [0.4, 0.5) is 28.4 Å². The molecule has 1 aliphatic heterocycles. The molecule has 39 heavy (non-hydrogen) atoms. The zero-order valence-electron chi connectivity index (χ0n) is 20.4. The molecule has 0 aromatic heterocycles. The van der Waals surface area contributed by atoms with Crippen molar-refractivity contribution in [2.45, 2.75) is 41.4 Å². The van der Waals surface area contributed by atoms with Gasteiger partial charge in [0.15, 0.2) is 27.3 Å². The van der Waals surface area contributed by atoms with E-state index in [9.17, 15) is 36.0 Å². The number of sulfone groups is 1. The molecule has 3 fully saturated rings. The predicted molar refractivity (Wildman–Crippen MR) is 130 cm³/mol. The average Bonchev–Trinajstić information content (AvgIpc) is 3.35. The minimum atomic E-state index is -4.10. The summed E-state index contributed by atoms with van der Waals surface area (Å²) in [7, 11) is -2.96. The average molecular weight is 587 g/mol. The molecule has 2 saturated carbocycles. The van der Waals surface area contributed by atoms with Gasteiger partial charge in [0.05, 0.1) is 28.8 Å². The molecule has 9 nitrogen and oxygen atoms in total. The third kappa shape index (κ3) is 4.71. The smallest absolute Gasteiger partial charge is 0.420 e. The zero-order chi connectivity index (χ0) is 28.3. The van der Waals surface area contributed by atoms with Crippen LogP contribution in [0.15, 0.2) is 35.2 Å². The lowest BCUT2D eigenvalue weighted by Gasteiger charge is -2.40. The number of nitrogens with zero attached hydrogens (tertiary/aromatic N) is 1. The number of ether oxygens (including phenoxy) is 2. The molecule has 1 saturated heterocycles. The summed E-state index contributed by atoms with van der Waals surface area (Å²) in [4.78, 5) is 37.5. The minimum Gasteiger partial charge on any atom is -0.452 e. The molecule has 14 heteroatoms. The summed E-state index contributed by atoms with van der Waals surface area (Å²) in [5.74, 6) is -6.39. The Labute approximate surface area is 226 Å². The van der Waals surface area contributed by atoms with Gasteiger partial charge in [0.1, 0.15) is 5.60 Å². The third-order valence-corrected chi connectivity index (χ3v) is 10.5. The van der Waals surface area contributed by atoms with Crippen LogP contribution in [0.5, 0.6) is 0 Å². The molecule has 3 aliphatic rings. The van der Waals surface area contributed by atoms with E-state index in [1.165, 1.54) is 12.1 Å². The molecule has 1 N–H and O–H groups in total. The van der Waals surface area contributed by atoms with E-state index in [1.807, 2.05) is 0 Å². The van der Waals surface area contributed by atoms with Gasteiger partial charge in [0, 0.05) is 23.4 Å². The monoisotopic (exact) mass is 586 g/mol. The van der Waals surface area contributed by atoms with E-state index >= 15 is 0 Å². The zero-order valence-corrected chi connectivity index (χ0v) is 22.0. The molecule has 1 heterocycles. The number of hydrogen-bond donors (Lipinski definition) is 1. The summed E-state index contributed by atoms with van der Waals surface area (Å²) in [5, 5.41) is 1.23. The quantitative estimate of drug-likeness (QED) is 0.505. The second kappa shape index (κ2) is 9.70. The van der Waals surface area contributed by atoms with Gasteiger partial charge < -0.3 is 14.8 Å². The third-order valence-electron chi connectivity index (χ3n) is 7.57. The maximum Gasteiger partial charge on any atom is 0.420 e. The number of fused-ring (bicyclic) bond motifs is 2. The SMILES string of the molecule is COC(=O)N1C[C@]2(CC3CCC(C2)[C@H]3S(=O)(=O)c2cc(C(=O)Nc3cc(F)c(F)c(F)c3)ccc2Cl)OC1=O. The topological polar surface area (TPSA) is 119 Å². The second-order valence-corrected chi connectivity index (χ2v) is 12.5. The Hall–Kier alpha value is -3.32. The second-order valence-electron chi connectivity index (χ2n) is 9.98. The molecule has 0 radical (unpaired) electrons. The number of anilines is 1. The highest BCUT2D eigenvalue weighted by atomic mass is 35.5. The fraction of sp³-hybridized carbons (Fsp3) is 0.400. The van der Waals surface area contributed by atoms with E-state index in [0.29, 0.717) is 25.0 Å². The number of imide groups is 1. The maximum atomic E-state index is 13.9. The summed E-state index contributed by atoms with van der Waals surface area (Å²) in [5.41, 5.74) is -1.53. The summed E-state index contributed by atoms with van der Waals surface area (Å²) in [6.45, 7) is -0.0424. The van der Waals surface area contributed by atoms with Crippen LogP contribution in [0.1, 0.15) is 36.0 Å². The van der Waals surface area contributed by atoms with Crippen molar-refractivity contribution in [2.24, 2.45) is 11.8 Å². The first kappa shape index (κ1) is 27.3. The fourth-order valence-electron chi connectivity index (χ4n) is 6.05. The van der Waals surface area contributed by atoms with Crippen LogP contribution in [0.2, 0.25) is 5.02 Å². The van der Waals surface area contributed by atoms with Crippen LogP contribution in [-0.2, 0) is 19.3 Å². The van der Waals surface area contributed by atoms with Crippen molar-refractivity contribution in [3.8, 4) is 0 Å². The van der Waals surface area contributed by atoms with E-state index < -0.39 is 68.1 Å². The first-order valence-corrected chi connectivity index (χ1v) is 13.9. The van der Waals surface area contributed by atoms with Gasteiger partial charge in [0.2, 0.25) is 0 Å². The van der Waals surface area contributed by atoms with E-state index in [0.717, 1.165) is 18.1 Å². The molecule has 2 aromatic rings. The van der Waals surface area contributed by atoms with Gasteiger partial charge in [-0.25, -0.2) is 36.1 Å². The standard InChI is InChI=1S/C25H22ClF3N2O7S/c1-37-23(33)31-11-25(38-24(31)34)9-13-2-3-14(10-25)21(13)39(35,36)19-6-12(4-5-16(19)26)22(32)30-15-7-17(27)20(29)18(28)8-15/h4-8,13-14,21H,2-3,9-11H2,1H3,(H,30,32)/t13?,14?,21-,25+. The Morgan fingerprint density at radius 2 is 1.72 bits per heavy atom. The van der Waals surface area contributed by atoms with E-state index in [1.54, 1.807) is 0 Å². The van der Waals surface area contributed by atoms with E-state index in [2.05, 4.69) is 10.1 Å². The Morgan fingerprint density at radius 1 is 1.10 bits per heavy atom. The highest BCUT2D eigenvalue weighted by Crippen LogP contribution is 2.54. The molecule has 2 aliphatic carbocycles. The number of halogens is 4. The lowest BCUT2D eigenvalue weighted by molar-refractivity contribution is 0.00432. The number of methoxy groups -OCH3 is 1. The van der Waals surface area contributed by atoms with Crippen LogP contribution in [0.3, 0.4) is 0 Å². The maximum absolute atomic E-state index is 13.9. The molecule has 208 valence electrons. The minimum absolute atomic E-state index is 0.0424. The Bertz CT molecular complexity index is 1470. The van der Waals surface area contributed by atoms with Gasteiger partial charge in [0.25, 0.3) is 5.91 Å². The predicted octanol–water partition coefficient (Wildman–Crippen LogP) is 4.93. The first-order valence-electron chi connectivity index (χ1n) is 11.9. The number of rotatable bonds is 4. The molecule has 1 spiro atoms. The summed E-state index contributed by atoms with van der Waals surface area (Å²) in [6, 6.07) is 4.75. The number of amides is 3. The van der Waals surface area contributed by atoms with Gasteiger partial charge in [-0.05, 0) is 55.7 Å². The molecule has 2 bridgehead atoms. The van der Waals surface area contributed by atoms with Crippen molar-refractivity contribution in [1.82, 2.24) is 4.90 Å². The number of carbonyl (C=O) groups is 3. The van der Waals surface area contributed by atoms with Crippen molar-refractivity contribution in [3.63, 3.8) is 0 Å². The lowest BCUT2D eigenvalue weighted by atomic mass is 9.77. The fourth-order valence-corrected chi connectivity index (χ4v) is 8.89. The van der Waals surface area contributed by atoms with Gasteiger partial charge in [-0.15, -0.1) is 0 Å². The Balaban J connectivity index is 1.39.